The van der Waals surface area contributed by atoms with E-state index in [1.165, 1.54) is 37.6 Å². The molecule has 1 N–H and O–H groups in total. The highest BCUT2D eigenvalue weighted by atomic mass is 35.5. The second kappa shape index (κ2) is 8.67. The van der Waals surface area contributed by atoms with Crippen molar-refractivity contribution in [3.63, 3.8) is 0 Å². The lowest BCUT2D eigenvalue weighted by Crippen LogP contribution is -2.20. The normalized spacial score (nSPS) is 16.0. The minimum atomic E-state index is -0.157. The predicted octanol–water partition coefficient (Wildman–Crippen LogP) is 3.99. The standard InChI is InChI=1S/C22H23ClN2O3/c23-19-11-18(12-20-22(19)28-15-27-20)7-8-21(26)24-13-16-3-5-17(6-4-16)14-25-9-1-2-10-25/h3-8,11-12H,1-2,9-10,13-15H2,(H,24,26). The van der Waals surface area contributed by atoms with Gasteiger partial charge in [-0.1, -0.05) is 35.9 Å². The summed E-state index contributed by atoms with van der Waals surface area (Å²) >= 11 is 6.16. The molecule has 28 heavy (non-hydrogen) atoms. The third-order valence-electron chi connectivity index (χ3n) is 4.97. The summed E-state index contributed by atoms with van der Waals surface area (Å²) in [6, 6.07) is 12.0. The molecule has 6 heteroatoms. The van der Waals surface area contributed by atoms with E-state index in [-0.39, 0.29) is 12.7 Å². The van der Waals surface area contributed by atoms with Crippen molar-refractivity contribution in [2.75, 3.05) is 19.9 Å². The molecule has 0 saturated carbocycles. The topological polar surface area (TPSA) is 50.8 Å². The molecule has 0 unspecified atom stereocenters. The van der Waals surface area contributed by atoms with Crippen LogP contribution in [0.15, 0.2) is 42.5 Å². The zero-order valence-electron chi connectivity index (χ0n) is 15.6. The van der Waals surface area contributed by atoms with Crippen LogP contribution in [0.4, 0.5) is 0 Å². The Morgan fingerprint density at radius 2 is 1.86 bits per heavy atom. The van der Waals surface area contributed by atoms with E-state index in [2.05, 4.69) is 34.5 Å². The molecular weight excluding hydrogens is 376 g/mol. The third-order valence-corrected chi connectivity index (χ3v) is 5.25. The number of carbonyl (C=O) groups is 1. The molecule has 2 aliphatic heterocycles. The van der Waals surface area contributed by atoms with Gasteiger partial charge in [-0.3, -0.25) is 9.69 Å². The molecule has 4 rings (SSSR count). The average molecular weight is 399 g/mol. The van der Waals surface area contributed by atoms with Gasteiger partial charge in [0, 0.05) is 19.2 Å². The zero-order valence-corrected chi connectivity index (χ0v) is 16.4. The number of nitrogens with one attached hydrogen (secondary N) is 1. The molecule has 1 fully saturated rings. The highest BCUT2D eigenvalue weighted by Crippen LogP contribution is 2.40. The highest BCUT2D eigenvalue weighted by molar-refractivity contribution is 6.32. The van der Waals surface area contributed by atoms with E-state index >= 15 is 0 Å². The Morgan fingerprint density at radius 3 is 2.64 bits per heavy atom. The second-order valence-corrected chi connectivity index (χ2v) is 7.49. The number of hydrogen-bond acceptors (Lipinski definition) is 4. The van der Waals surface area contributed by atoms with Crippen molar-refractivity contribution in [3.05, 3.63) is 64.2 Å². The van der Waals surface area contributed by atoms with Crippen LogP contribution in [0.3, 0.4) is 0 Å². The molecule has 0 aromatic heterocycles. The van der Waals surface area contributed by atoms with Crippen LogP contribution in [0.2, 0.25) is 5.02 Å². The van der Waals surface area contributed by atoms with Crippen molar-refractivity contribution in [2.24, 2.45) is 0 Å². The quantitative estimate of drug-likeness (QED) is 0.747. The molecule has 0 aliphatic carbocycles. The summed E-state index contributed by atoms with van der Waals surface area (Å²) < 4.78 is 10.6. The van der Waals surface area contributed by atoms with Crippen LogP contribution >= 0.6 is 11.6 Å². The van der Waals surface area contributed by atoms with Crippen LogP contribution in [-0.2, 0) is 17.9 Å². The molecule has 2 aliphatic rings. The number of hydrogen-bond donors (Lipinski definition) is 1. The Balaban J connectivity index is 1.28. The molecule has 0 spiro atoms. The van der Waals surface area contributed by atoms with Gasteiger partial charge in [0.15, 0.2) is 11.5 Å². The Hall–Kier alpha value is -2.50. The fourth-order valence-electron chi connectivity index (χ4n) is 3.47. The molecule has 0 bridgehead atoms. The molecular formula is C22H23ClN2O3. The molecule has 5 nitrogen and oxygen atoms in total. The van der Waals surface area contributed by atoms with E-state index in [1.54, 1.807) is 18.2 Å². The van der Waals surface area contributed by atoms with Crippen LogP contribution in [0.25, 0.3) is 6.08 Å². The van der Waals surface area contributed by atoms with E-state index in [4.69, 9.17) is 21.1 Å². The predicted molar refractivity (Wildman–Crippen MR) is 109 cm³/mol. The molecule has 2 heterocycles. The van der Waals surface area contributed by atoms with Crippen molar-refractivity contribution in [1.82, 2.24) is 10.2 Å². The van der Waals surface area contributed by atoms with E-state index in [9.17, 15) is 4.79 Å². The molecule has 2 aromatic carbocycles. The van der Waals surface area contributed by atoms with Crippen LogP contribution in [0.1, 0.15) is 29.5 Å². The number of fused-ring (bicyclic) bond motifs is 1. The molecule has 0 atom stereocenters. The van der Waals surface area contributed by atoms with E-state index < -0.39 is 0 Å². The number of rotatable bonds is 6. The van der Waals surface area contributed by atoms with Gasteiger partial charge in [0.25, 0.3) is 0 Å². The van der Waals surface area contributed by atoms with Gasteiger partial charge in [-0.2, -0.15) is 0 Å². The van der Waals surface area contributed by atoms with E-state index in [0.717, 1.165) is 17.7 Å². The van der Waals surface area contributed by atoms with E-state index in [1.807, 2.05) is 0 Å². The summed E-state index contributed by atoms with van der Waals surface area (Å²) in [5, 5.41) is 3.38. The Kier molecular flexibility index (Phi) is 5.84. The first-order valence-corrected chi connectivity index (χ1v) is 9.90. The summed E-state index contributed by atoms with van der Waals surface area (Å²) in [5.74, 6) is 0.993. The minimum absolute atomic E-state index is 0.157. The number of benzene rings is 2. The number of nitrogens with zero attached hydrogens (tertiary/aromatic N) is 1. The Bertz CT molecular complexity index is 874. The number of ether oxygens (including phenoxy) is 2. The first kappa shape index (κ1) is 18.8. The molecule has 1 saturated heterocycles. The maximum absolute atomic E-state index is 12.1. The van der Waals surface area contributed by atoms with E-state index in [0.29, 0.717) is 23.1 Å². The van der Waals surface area contributed by atoms with Crippen molar-refractivity contribution >= 4 is 23.6 Å². The van der Waals surface area contributed by atoms with Gasteiger partial charge in [-0.05, 0) is 60.8 Å². The van der Waals surface area contributed by atoms with Gasteiger partial charge in [-0.25, -0.2) is 0 Å². The number of amides is 1. The minimum Gasteiger partial charge on any atom is -0.454 e. The SMILES string of the molecule is O=C(C=Cc1cc(Cl)c2c(c1)OCO2)NCc1ccc(CN2CCCC2)cc1. The van der Waals surface area contributed by atoms with Crippen LogP contribution < -0.4 is 14.8 Å². The zero-order chi connectivity index (χ0) is 19.3. The lowest BCUT2D eigenvalue weighted by atomic mass is 10.1. The van der Waals surface area contributed by atoms with Crippen molar-refractivity contribution < 1.29 is 14.3 Å². The number of likely N-dealkylation sites (tertiary alicyclic amines) is 1. The number of carbonyl (C=O) groups excluding carboxylic acids is 1. The maximum atomic E-state index is 12.1. The summed E-state index contributed by atoms with van der Waals surface area (Å²) in [6.45, 7) is 4.06. The summed E-state index contributed by atoms with van der Waals surface area (Å²) in [7, 11) is 0. The van der Waals surface area contributed by atoms with Crippen LogP contribution in [-0.4, -0.2) is 30.7 Å². The van der Waals surface area contributed by atoms with Gasteiger partial charge >= 0.3 is 0 Å². The first-order chi connectivity index (χ1) is 13.7. The van der Waals surface area contributed by atoms with Gasteiger partial charge in [-0.15, -0.1) is 0 Å². The summed E-state index contributed by atoms with van der Waals surface area (Å²) in [4.78, 5) is 14.6. The van der Waals surface area contributed by atoms with Gasteiger partial charge < -0.3 is 14.8 Å². The highest BCUT2D eigenvalue weighted by Gasteiger charge is 2.17. The molecule has 1 amide bonds. The van der Waals surface area contributed by atoms with Crippen LogP contribution in [0, 0.1) is 0 Å². The average Bonchev–Trinajstić information content (AvgIpc) is 3.38. The smallest absolute Gasteiger partial charge is 0.244 e. The molecule has 2 aromatic rings. The fraction of sp³-hybridized carbons (Fsp3) is 0.318. The molecule has 0 radical (unpaired) electrons. The lowest BCUT2D eigenvalue weighted by Gasteiger charge is -2.14. The fourth-order valence-corrected chi connectivity index (χ4v) is 3.74. The number of halogens is 1. The Morgan fingerprint density at radius 1 is 1.11 bits per heavy atom. The largest absolute Gasteiger partial charge is 0.454 e. The second-order valence-electron chi connectivity index (χ2n) is 7.09. The Labute approximate surface area is 169 Å². The van der Waals surface area contributed by atoms with Gasteiger partial charge in [0.2, 0.25) is 12.7 Å². The lowest BCUT2D eigenvalue weighted by molar-refractivity contribution is -0.116. The maximum Gasteiger partial charge on any atom is 0.244 e. The third kappa shape index (κ3) is 4.66. The first-order valence-electron chi connectivity index (χ1n) is 9.52. The summed E-state index contributed by atoms with van der Waals surface area (Å²) in [5.41, 5.74) is 3.19. The van der Waals surface area contributed by atoms with Crippen LogP contribution in [0.5, 0.6) is 11.5 Å². The van der Waals surface area contributed by atoms with Crippen molar-refractivity contribution in [2.45, 2.75) is 25.9 Å². The van der Waals surface area contributed by atoms with Crippen molar-refractivity contribution in [1.29, 1.82) is 0 Å². The molecule has 146 valence electrons. The monoisotopic (exact) mass is 398 g/mol. The van der Waals surface area contributed by atoms with Crippen molar-refractivity contribution in [3.8, 4) is 11.5 Å². The van der Waals surface area contributed by atoms with Gasteiger partial charge in [0.1, 0.15) is 0 Å². The van der Waals surface area contributed by atoms with Gasteiger partial charge in [0.05, 0.1) is 5.02 Å². The summed E-state index contributed by atoms with van der Waals surface area (Å²) in [6.07, 6.45) is 5.81.